The molecule has 3 aliphatic rings. The molecule has 1 aromatic carbocycles. The van der Waals surface area contributed by atoms with Crippen LogP contribution in [0.3, 0.4) is 0 Å². The van der Waals surface area contributed by atoms with Crippen LogP contribution in [0.25, 0.3) is 33.4 Å². The number of nitrogens with zero attached hydrogens (tertiary/aromatic N) is 5. The molecule has 55 heavy (non-hydrogen) atoms. The van der Waals surface area contributed by atoms with Gasteiger partial charge in [0.05, 0.1) is 41.4 Å². The minimum atomic E-state index is -1.53. The van der Waals surface area contributed by atoms with Crippen LogP contribution in [0, 0.1) is 5.41 Å². The number of carbonyl (C=O) groups excluding carboxylic acids is 2. The van der Waals surface area contributed by atoms with Gasteiger partial charge < -0.3 is 29.4 Å². The second-order valence-electron chi connectivity index (χ2n) is 16.2. The number of fused-ring (bicyclic) bond motifs is 6. The summed E-state index contributed by atoms with van der Waals surface area (Å²) in [6.45, 7) is 13.5. The summed E-state index contributed by atoms with van der Waals surface area (Å²) in [5.41, 5.74) is 7.96. The van der Waals surface area contributed by atoms with Crippen LogP contribution >= 0.6 is 11.3 Å². The van der Waals surface area contributed by atoms with E-state index in [1.54, 1.807) is 18.2 Å². The standard InChI is InChI=1S/C41H53N7O6S/c1-8-46-33-13-12-27-18-29(33)30(36(46)28-11-9-15-42-35(28)26(4)53-7)20-40(5,6)22-54-23-41(38(50)51)14-10-16-47(45-41)37(49)31(19-34-43-32(27)21-55-34)44-39(52)48-24(2)17-25(48)3/h9,11-13,15,18,21,24-26,31,45H,8,10,14,16-17,19-20,22-23H2,1-7H3,(H,44,52)(H,50,51)/t24-,25-,26+,31+,41+/m1/s1. The molecule has 0 unspecified atom stereocenters. The highest BCUT2D eigenvalue weighted by atomic mass is 32.1. The first-order valence-electron chi connectivity index (χ1n) is 19.3. The first-order valence-corrected chi connectivity index (χ1v) is 20.2. The second kappa shape index (κ2) is 15.3. The largest absolute Gasteiger partial charge is 0.480 e. The average molecular weight is 772 g/mol. The van der Waals surface area contributed by atoms with E-state index >= 15 is 0 Å². The number of carbonyl (C=O) groups is 3. The Labute approximate surface area is 326 Å². The Bertz CT molecular complexity index is 2090. The van der Waals surface area contributed by atoms with Crippen LogP contribution in [0.15, 0.2) is 41.9 Å². The molecule has 294 valence electrons. The van der Waals surface area contributed by atoms with Gasteiger partial charge in [0.25, 0.3) is 5.91 Å². The second-order valence-corrected chi connectivity index (χ2v) is 17.2. The van der Waals surface area contributed by atoms with E-state index in [-0.39, 0.29) is 50.3 Å². The fourth-order valence-electron chi connectivity index (χ4n) is 8.62. The van der Waals surface area contributed by atoms with Gasteiger partial charge in [0, 0.05) is 72.3 Å². The summed E-state index contributed by atoms with van der Waals surface area (Å²) in [7, 11) is 1.69. The van der Waals surface area contributed by atoms with Crippen molar-refractivity contribution in [2.75, 3.05) is 26.9 Å². The molecule has 0 spiro atoms. The highest BCUT2D eigenvalue weighted by Crippen LogP contribution is 2.42. The van der Waals surface area contributed by atoms with Gasteiger partial charge in [-0.1, -0.05) is 19.9 Å². The van der Waals surface area contributed by atoms with Gasteiger partial charge in [0.2, 0.25) is 0 Å². The number of pyridine rings is 1. The summed E-state index contributed by atoms with van der Waals surface area (Å²) in [5.74, 6) is -1.50. The van der Waals surface area contributed by atoms with E-state index in [1.807, 2.05) is 32.2 Å². The number of methoxy groups -OCH3 is 1. The van der Waals surface area contributed by atoms with E-state index < -0.39 is 28.9 Å². The number of hydrazine groups is 1. The van der Waals surface area contributed by atoms with Gasteiger partial charge in [-0.25, -0.2) is 15.2 Å². The maximum absolute atomic E-state index is 14.3. The van der Waals surface area contributed by atoms with E-state index in [1.165, 1.54) is 16.3 Å². The third-order valence-corrected chi connectivity index (χ3v) is 12.4. The number of aliphatic carboxylic acids is 1. The third kappa shape index (κ3) is 7.37. The minimum Gasteiger partial charge on any atom is -0.480 e. The Hall–Kier alpha value is -4.37. The van der Waals surface area contributed by atoms with Gasteiger partial charge in [-0.2, -0.15) is 0 Å². The molecule has 5 atom stereocenters. The molecule has 0 saturated carbocycles. The summed E-state index contributed by atoms with van der Waals surface area (Å²) < 4.78 is 14.5. The number of benzene rings is 1. The summed E-state index contributed by atoms with van der Waals surface area (Å²) in [5, 5.41) is 18.8. The highest BCUT2D eigenvalue weighted by molar-refractivity contribution is 7.10. The number of urea groups is 1. The van der Waals surface area contributed by atoms with Crippen LogP contribution in [0.2, 0.25) is 0 Å². The van der Waals surface area contributed by atoms with E-state index in [9.17, 15) is 19.5 Å². The first kappa shape index (κ1) is 38.9. The number of ether oxygens (including phenoxy) is 2. The van der Waals surface area contributed by atoms with E-state index in [0.717, 1.165) is 57.6 Å². The number of nitrogens with one attached hydrogen (secondary N) is 2. The lowest BCUT2D eigenvalue weighted by Gasteiger charge is -2.46. The molecule has 3 aliphatic heterocycles. The van der Waals surface area contributed by atoms with Crippen molar-refractivity contribution in [3.8, 4) is 22.5 Å². The number of carboxylic acids is 1. The Kier molecular flexibility index (Phi) is 10.8. The molecule has 2 fully saturated rings. The summed E-state index contributed by atoms with van der Waals surface area (Å²) in [4.78, 5) is 52.5. The molecule has 3 amide bonds. The number of amides is 3. The zero-order valence-corrected chi connectivity index (χ0v) is 33.7. The normalized spacial score (nSPS) is 24.9. The number of rotatable bonds is 6. The number of thiazole rings is 1. The van der Waals surface area contributed by atoms with Crippen molar-refractivity contribution < 1.29 is 29.0 Å². The van der Waals surface area contributed by atoms with Crippen molar-refractivity contribution in [1.29, 1.82) is 0 Å². The lowest BCUT2D eigenvalue weighted by molar-refractivity contribution is -0.160. The molecule has 3 N–H and O–H groups in total. The number of aryl methyl sites for hydroxylation is 1. The van der Waals surface area contributed by atoms with Gasteiger partial charge in [-0.3, -0.25) is 19.6 Å². The maximum atomic E-state index is 14.3. The van der Waals surface area contributed by atoms with Crippen molar-refractivity contribution >= 4 is 40.1 Å². The molecule has 0 radical (unpaired) electrons. The maximum Gasteiger partial charge on any atom is 0.328 e. The predicted molar refractivity (Wildman–Crippen MR) is 212 cm³/mol. The monoisotopic (exact) mass is 771 g/mol. The number of hydrogen-bond donors (Lipinski definition) is 3. The molecular formula is C41H53N7O6S. The topological polar surface area (TPSA) is 151 Å². The molecule has 14 heteroatoms. The van der Waals surface area contributed by atoms with Crippen LogP contribution in [0.1, 0.15) is 83.2 Å². The van der Waals surface area contributed by atoms with Gasteiger partial charge in [0.1, 0.15) is 6.04 Å². The highest BCUT2D eigenvalue weighted by Gasteiger charge is 2.46. The lowest BCUT2D eigenvalue weighted by atomic mass is 9.84. The van der Waals surface area contributed by atoms with Crippen LogP contribution in [0.5, 0.6) is 0 Å². The van der Waals surface area contributed by atoms with Gasteiger partial charge >= 0.3 is 12.0 Å². The fraction of sp³-hybridized carbons (Fsp3) is 0.537. The summed E-state index contributed by atoms with van der Waals surface area (Å²) >= 11 is 1.44. The quantitative estimate of drug-likeness (QED) is 0.208. The van der Waals surface area contributed by atoms with Crippen molar-refractivity contribution in [3.05, 3.63) is 58.2 Å². The van der Waals surface area contributed by atoms with E-state index in [4.69, 9.17) is 19.4 Å². The Morgan fingerprint density at radius 2 is 1.98 bits per heavy atom. The molecule has 4 aromatic rings. The summed E-state index contributed by atoms with van der Waals surface area (Å²) in [6.07, 6.45) is 3.96. The number of likely N-dealkylation sites (tertiary alicyclic amines) is 1. The van der Waals surface area contributed by atoms with Crippen molar-refractivity contribution in [2.24, 2.45) is 5.41 Å². The summed E-state index contributed by atoms with van der Waals surface area (Å²) in [6, 6.07) is 9.33. The molecule has 7 rings (SSSR count). The Morgan fingerprint density at radius 3 is 2.69 bits per heavy atom. The number of hydrogen-bond acceptors (Lipinski definition) is 9. The molecule has 3 aromatic heterocycles. The average Bonchev–Trinajstić information content (AvgIpc) is 3.75. The smallest absolute Gasteiger partial charge is 0.328 e. The first-order chi connectivity index (χ1) is 26.3. The SMILES string of the molecule is CCn1c(-c2cccnc2[C@H](C)OC)c2c3cc(ccc31)-c1csc(n1)C[C@H](NC(=O)N1[C@H](C)C[C@H]1C)C(=O)N1CCC[C@@](C(=O)O)(COCC(C)(C)C2)N1. The van der Waals surface area contributed by atoms with Crippen LogP contribution < -0.4 is 10.7 Å². The molecule has 6 heterocycles. The molecule has 13 nitrogen and oxygen atoms in total. The zero-order valence-electron chi connectivity index (χ0n) is 32.8. The fourth-order valence-corrected chi connectivity index (χ4v) is 9.47. The molecular weight excluding hydrogens is 719 g/mol. The van der Waals surface area contributed by atoms with Crippen molar-refractivity contribution in [2.45, 2.75) is 110 Å². The number of aromatic nitrogens is 3. The van der Waals surface area contributed by atoms with Crippen LogP contribution in [-0.2, 0) is 38.4 Å². The van der Waals surface area contributed by atoms with Crippen molar-refractivity contribution in [3.63, 3.8) is 0 Å². The predicted octanol–water partition coefficient (Wildman–Crippen LogP) is 6.21. The minimum absolute atomic E-state index is 0.0565. The Balaban J connectivity index is 1.36. The van der Waals surface area contributed by atoms with E-state index in [2.05, 4.69) is 60.3 Å². The molecule has 2 saturated heterocycles. The van der Waals surface area contributed by atoms with Crippen LogP contribution in [-0.4, -0.2) is 98.0 Å². The Morgan fingerprint density at radius 1 is 1.20 bits per heavy atom. The zero-order chi connectivity index (χ0) is 39.2. The van der Waals surface area contributed by atoms with Gasteiger partial charge in [-0.15, -0.1) is 11.3 Å². The number of carboxylic acid groups (broad SMARTS) is 1. The molecule has 6 bridgehead atoms. The van der Waals surface area contributed by atoms with Gasteiger partial charge in [0.15, 0.2) is 5.54 Å². The lowest BCUT2D eigenvalue weighted by Crippen LogP contribution is -2.69. The van der Waals surface area contributed by atoms with Crippen LogP contribution in [0.4, 0.5) is 4.79 Å². The van der Waals surface area contributed by atoms with E-state index in [0.29, 0.717) is 24.4 Å². The third-order valence-electron chi connectivity index (χ3n) is 11.5. The van der Waals surface area contributed by atoms with Gasteiger partial charge in [-0.05, 0) is 88.6 Å². The van der Waals surface area contributed by atoms with Crippen molar-refractivity contribution in [1.82, 2.24) is 35.2 Å². The molecule has 0 aliphatic carbocycles.